The van der Waals surface area contributed by atoms with Crippen LogP contribution in [0.5, 0.6) is 0 Å². The van der Waals surface area contributed by atoms with Gasteiger partial charge in [0.25, 0.3) is 0 Å². The number of anilines is 1. The average Bonchev–Trinajstić information content (AvgIpc) is 3.27. The second-order valence-electron chi connectivity index (χ2n) is 10.2. The van der Waals surface area contributed by atoms with Crippen LogP contribution in [-0.4, -0.2) is 66.0 Å². The predicted molar refractivity (Wildman–Crippen MR) is 158 cm³/mol. The third-order valence-corrected chi connectivity index (χ3v) is 8.08. The summed E-state index contributed by atoms with van der Waals surface area (Å²) in [6.07, 6.45) is 0. The average molecular weight is 576 g/mol. The molecule has 0 fully saturated rings. The minimum absolute atomic E-state index is 0.0106. The number of hydrogen-bond acceptors (Lipinski definition) is 5. The van der Waals surface area contributed by atoms with Gasteiger partial charge in [0.05, 0.1) is 22.4 Å². The highest BCUT2D eigenvalue weighted by Gasteiger charge is 2.38. The van der Waals surface area contributed by atoms with E-state index in [2.05, 4.69) is 5.32 Å². The summed E-state index contributed by atoms with van der Waals surface area (Å²) in [5, 5.41) is 7.17. The number of carbonyl (C=O) groups excluding carboxylic acids is 2. The summed E-state index contributed by atoms with van der Waals surface area (Å²) < 4.78 is 30.9. The van der Waals surface area contributed by atoms with Gasteiger partial charge in [-0.3, -0.25) is 14.5 Å². The van der Waals surface area contributed by atoms with Gasteiger partial charge in [-0.2, -0.15) is 5.10 Å². The van der Waals surface area contributed by atoms with Gasteiger partial charge in [0.15, 0.2) is 0 Å². The molecule has 0 aliphatic carbocycles. The normalized spacial score (nSPS) is 15.1. The smallest absolute Gasteiger partial charge is 0.240 e. The molecular weight excluding hydrogens is 544 g/mol. The van der Waals surface area contributed by atoms with E-state index in [1.807, 2.05) is 80.5 Å². The van der Waals surface area contributed by atoms with E-state index in [4.69, 9.17) is 5.10 Å². The first-order valence-electron chi connectivity index (χ1n) is 13.3. The van der Waals surface area contributed by atoms with Crippen molar-refractivity contribution in [1.29, 1.82) is 0 Å². The lowest BCUT2D eigenvalue weighted by molar-refractivity contribution is -0.122. The van der Waals surface area contributed by atoms with Gasteiger partial charge in [-0.1, -0.05) is 54.1 Å². The third-order valence-electron chi connectivity index (χ3n) is 6.84. The Morgan fingerprint density at radius 3 is 2.49 bits per heavy atom. The van der Waals surface area contributed by atoms with Gasteiger partial charge >= 0.3 is 0 Å². The van der Waals surface area contributed by atoms with E-state index >= 15 is 4.39 Å². The summed E-state index contributed by atoms with van der Waals surface area (Å²) in [5.74, 6) is -1.64. The summed E-state index contributed by atoms with van der Waals surface area (Å²) in [6.45, 7) is 2.81. The number of nitrogens with one attached hydrogen (secondary N) is 1. The molecule has 5 rings (SSSR count). The summed E-state index contributed by atoms with van der Waals surface area (Å²) in [7, 11) is 3.82. The number of nitrogens with zero attached hydrogens (tertiary/aromatic N) is 4. The lowest BCUT2D eigenvalue weighted by Crippen LogP contribution is -2.43. The van der Waals surface area contributed by atoms with Gasteiger partial charge in [0, 0.05) is 35.8 Å². The number of aryl methyl sites for hydroxylation is 1. The van der Waals surface area contributed by atoms with Crippen LogP contribution in [0.15, 0.2) is 72.8 Å². The molecule has 1 aliphatic rings. The molecule has 1 aliphatic heterocycles. The molecule has 0 bridgehead atoms. The van der Waals surface area contributed by atoms with E-state index < -0.39 is 16.9 Å². The van der Waals surface area contributed by atoms with Crippen LogP contribution < -0.4 is 10.2 Å². The first-order chi connectivity index (χ1) is 19.7. The molecule has 2 amide bonds. The van der Waals surface area contributed by atoms with Crippen molar-refractivity contribution in [3.63, 3.8) is 0 Å². The number of carbonyl (C=O) groups is 2. The Labute approximate surface area is 242 Å². The van der Waals surface area contributed by atoms with E-state index in [0.717, 1.165) is 17.2 Å². The van der Waals surface area contributed by atoms with E-state index in [1.54, 1.807) is 4.68 Å². The van der Waals surface area contributed by atoms with Crippen LogP contribution in [0.1, 0.15) is 21.9 Å². The van der Waals surface area contributed by atoms with Gasteiger partial charge in [-0.25, -0.2) is 13.5 Å². The van der Waals surface area contributed by atoms with Crippen LogP contribution in [0.4, 0.5) is 14.6 Å². The maximum Gasteiger partial charge on any atom is 0.240 e. The molecule has 212 valence electrons. The molecule has 10 heteroatoms. The van der Waals surface area contributed by atoms with Gasteiger partial charge in [0.1, 0.15) is 24.0 Å². The van der Waals surface area contributed by atoms with Gasteiger partial charge < -0.3 is 10.2 Å². The SMILES string of the molecule is Cc1ccc(-n2nc(-c3ccccc3)c3c2N(CC(=O)NCCN(C)C)C(=O)CSC3c2ccc(F)cc2F)cc1. The molecule has 0 saturated carbocycles. The quantitative estimate of drug-likeness (QED) is 0.321. The van der Waals surface area contributed by atoms with Crippen molar-refractivity contribution in [2.45, 2.75) is 12.2 Å². The van der Waals surface area contributed by atoms with Gasteiger partial charge in [-0.15, -0.1) is 11.8 Å². The zero-order valence-corrected chi connectivity index (χ0v) is 23.9. The standard InChI is InChI=1S/C31H31F2N5O2S/c1-20-9-12-23(13-10-20)38-31-28(29(35-38)21-7-5-4-6-8-21)30(24-14-11-22(32)17-25(24)33)41-19-27(40)37(31)18-26(39)34-15-16-36(2)3/h4-14,17,30H,15-16,18-19H2,1-3H3,(H,34,39). The van der Waals surface area contributed by atoms with Crippen molar-refractivity contribution in [3.8, 4) is 16.9 Å². The molecule has 1 N–H and O–H groups in total. The van der Waals surface area contributed by atoms with Crippen molar-refractivity contribution >= 4 is 29.4 Å². The number of hydrogen-bond donors (Lipinski definition) is 1. The fourth-order valence-electron chi connectivity index (χ4n) is 4.77. The van der Waals surface area contributed by atoms with Crippen LogP contribution in [0.2, 0.25) is 0 Å². The number of fused-ring (bicyclic) bond motifs is 1. The highest BCUT2D eigenvalue weighted by atomic mass is 32.2. The Morgan fingerprint density at radius 2 is 1.80 bits per heavy atom. The van der Waals surface area contributed by atoms with Crippen molar-refractivity contribution in [2.75, 3.05) is 44.4 Å². The molecule has 0 radical (unpaired) electrons. The maximum absolute atomic E-state index is 15.3. The molecule has 1 aromatic heterocycles. The number of rotatable bonds is 8. The van der Waals surface area contributed by atoms with E-state index in [1.165, 1.54) is 28.8 Å². The lowest BCUT2D eigenvalue weighted by atomic mass is 9.99. The number of thioether (sulfide) groups is 1. The fourth-order valence-corrected chi connectivity index (χ4v) is 5.99. The van der Waals surface area contributed by atoms with E-state index in [-0.39, 0.29) is 29.7 Å². The largest absolute Gasteiger partial charge is 0.353 e. The number of halogens is 2. The maximum atomic E-state index is 15.3. The molecule has 3 aromatic carbocycles. The molecule has 0 saturated heterocycles. The topological polar surface area (TPSA) is 70.5 Å². The van der Waals surface area contributed by atoms with Gasteiger partial charge in [-0.05, 0) is 39.2 Å². The highest BCUT2D eigenvalue weighted by Crippen LogP contribution is 2.49. The molecule has 7 nitrogen and oxygen atoms in total. The number of likely N-dealkylation sites (N-methyl/N-ethyl adjacent to an activating group) is 1. The first kappa shape index (κ1) is 28.5. The number of aromatic nitrogens is 2. The molecular formula is C31H31F2N5O2S. The summed E-state index contributed by atoms with van der Waals surface area (Å²) in [5.41, 5.74) is 3.88. The summed E-state index contributed by atoms with van der Waals surface area (Å²) >= 11 is 1.23. The Bertz CT molecular complexity index is 1560. The van der Waals surface area contributed by atoms with Gasteiger partial charge in [0.2, 0.25) is 11.8 Å². The highest BCUT2D eigenvalue weighted by molar-refractivity contribution is 8.00. The van der Waals surface area contributed by atoms with Crippen molar-refractivity contribution < 1.29 is 18.4 Å². The Kier molecular flexibility index (Phi) is 8.51. The van der Waals surface area contributed by atoms with Crippen molar-refractivity contribution in [2.24, 2.45) is 0 Å². The minimum Gasteiger partial charge on any atom is -0.353 e. The zero-order valence-electron chi connectivity index (χ0n) is 23.1. The molecule has 2 heterocycles. The van der Waals surface area contributed by atoms with Crippen LogP contribution in [0.25, 0.3) is 16.9 Å². The monoisotopic (exact) mass is 575 g/mol. The van der Waals surface area contributed by atoms with E-state index in [0.29, 0.717) is 35.9 Å². The first-order valence-corrected chi connectivity index (χ1v) is 14.3. The molecule has 1 unspecified atom stereocenters. The van der Waals surface area contributed by atoms with Crippen LogP contribution >= 0.6 is 11.8 Å². The number of benzene rings is 3. The molecule has 0 spiro atoms. The van der Waals surface area contributed by atoms with Crippen molar-refractivity contribution in [3.05, 3.63) is 101 Å². The van der Waals surface area contributed by atoms with Crippen LogP contribution in [-0.2, 0) is 9.59 Å². The second kappa shape index (κ2) is 12.2. The Hall–Kier alpha value is -4.02. The van der Waals surface area contributed by atoms with E-state index in [9.17, 15) is 14.0 Å². The fraction of sp³-hybridized carbons (Fsp3) is 0.258. The second-order valence-corrected chi connectivity index (χ2v) is 11.3. The molecule has 4 aromatic rings. The number of amides is 2. The predicted octanol–water partition coefficient (Wildman–Crippen LogP) is 4.97. The Morgan fingerprint density at radius 1 is 1.07 bits per heavy atom. The van der Waals surface area contributed by atoms with Crippen LogP contribution in [0, 0.1) is 18.6 Å². The molecule has 41 heavy (non-hydrogen) atoms. The lowest BCUT2D eigenvalue weighted by Gasteiger charge is -2.23. The van der Waals surface area contributed by atoms with Crippen LogP contribution in [0.3, 0.4) is 0 Å². The Balaban J connectivity index is 1.73. The summed E-state index contributed by atoms with van der Waals surface area (Å²) in [6, 6.07) is 20.6. The zero-order chi connectivity index (χ0) is 29.1. The van der Waals surface area contributed by atoms with Crippen molar-refractivity contribution in [1.82, 2.24) is 20.0 Å². The molecule has 1 atom stereocenters. The minimum atomic E-state index is -0.710. The third kappa shape index (κ3) is 6.18. The summed E-state index contributed by atoms with van der Waals surface area (Å²) in [4.78, 5) is 30.2.